The van der Waals surface area contributed by atoms with Crippen LogP contribution in [0.1, 0.15) is 215 Å². The van der Waals surface area contributed by atoms with Gasteiger partial charge in [0.05, 0.1) is 85.1 Å². The lowest BCUT2D eigenvalue weighted by Gasteiger charge is -2.40. The number of benzene rings is 2. The van der Waals surface area contributed by atoms with Crippen LogP contribution in [0, 0.1) is 22.7 Å². The van der Waals surface area contributed by atoms with Gasteiger partial charge in [0.1, 0.15) is 48.4 Å². The van der Waals surface area contributed by atoms with E-state index in [9.17, 15) is 19.8 Å². The average Bonchev–Trinajstić information content (AvgIpc) is 0.813. The standard InChI is InChI=1S/C86H146O18Si4/c1-61-43-45-67-35-23-33-65(99-67)31-20-28-64-30-22-40-74(88)80(64)82(90)104-76(58-72(98-60-94-48-52-106(10,11)12)56-70-38-26-42-78(102-70)86(5,6)84(92)96-50-54-108(16,17)18)62(2)44-46-68-36-24-34-66(100-68)32-19-27-63-29-21-39-73(87)79(63)81(89)103-75(61)57-71(97-59-93-47-51-105(7,8)9)55-69-37-25-41-77(101-69)85(3,4)83(91)95-49-53-107(13,14)15/h21-22,29-30,39-40,43,45,61-62,65-72,75-78,87-88H,19-20,23-28,31-38,41-42,44,46-60H2,1-18H3/b45-43+/t61-,62-,65-,66-,67-,68-,69-,70-,71-,72-,75+,76+,77+,78+/m0/s1. The molecule has 4 fully saturated rings. The molecule has 2 aromatic rings. The number of phenolic OH excluding ortho intramolecular Hbond substituents is 2. The largest absolute Gasteiger partial charge is 0.507 e. The molecule has 0 saturated carbocycles. The van der Waals surface area contributed by atoms with Crippen LogP contribution in [-0.4, -0.2) is 180 Å². The Labute approximate surface area is 655 Å². The van der Waals surface area contributed by atoms with Gasteiger partial charge in [-0.1, -0.05) is 129 Å². The van der Waals surface area contributed by atoms with Gasteiger partial charge in [-0.25, -0.2) is 9.59 Å². The normalized spacial score (nSPS) is 27.1. The Hall–Kier alpha value is -3.79. The number of rotatable bonds is 30. The van der Waals surface area contributed by atoms with E-state index in [1.54, 1.807) is 24.3 Å². The number of hydrogen-bond donors (Lipinski definition) is 2. The number of carbonyl (C=O) groups excluding carboxylic acids is 4. The van der Waals surface area contributed by atoms with E-state index in [1.165, 1.54) is 0 Å². The highest BCUT2D eigenvalue weighted by Crippen LogP contribution is 2.40. The molecular formula is C86H146O18Si4. The third-order valence-corrected chi connectivity index (χ3v) is 29.9. The zero-order chi connectivity index (χ0) is 79.0. The van der Waals surface area contributed by atoms with Crippen molar-refractivity contribution in [3.05, 3.63) is 70.8 Å². The summed E-state index contributed by atoms with van der Waals surface area (Å²) in [6.07, 6.45) is 17.5. The molecule has 5 aliphatic rings. The molecule has 108 heavy (non-hydrogen) atoms. The number of ether oxygens (including phenoxy) is 12. The zero-order valence-corrected chi connectivity index (χ0v) is 74.2. The van der Waals surface area contributed by atoms with E-state index in [0.717, 1.165) is 120 Å². The molecule has 0 aliphatic carbocycles. The van der Waals surface area contributed by atoms with Crippen LogP contribution < -0.4 is 0 Å². The minimum Gasteiger partial charge on any atom is -0.507 e. The number of hydrogen-bond acceptors (Lipinski definition) is 18. The van der Waals surface area contributed by atoms with Crippen LogP contribution in [0.15, 0.2) is 48.6 Å². The quantitative estimate of drug-likeness (QED) is 0.0185. The zero-order valence-electron chi connectivity index (χ0n) is 70.2. The number of aryl methyl sites for hydroxylation is 2. The Balaban J connectivity index is 1.15. The molecule has 2 N–H and O–H groups in total. The molecule has 5 aliphatic heterocycles. The van der Waals surface area contributed by atoms with Gasteiger partial charge >= 0.3 is 23.9 Å². The van der Waals surface area contributed by atoms with Crippen molar-refractivity contribution in [1.29, 1.82) is 0 Å². The first-order chi connectivity index (χ1) is 50.8. The van der Waals surface area contributed by atoms with Crippen LogP contribution in [0.5, 0.6) is 11.5 Å². The van der Waals surface area contributed by atoms with Crippen LogP contribution in [-0.2, 0) is 79.3 Å². The number of cyclic esters (lactones) is 2. The molecule has 14 atom stereocenters. The summed E-state index contributed by atoms with van der Waals surface area (Å²) in [5.41, 5.74) is 0.00332. The highest BCUT2D eigenvalue weighted by Gasteiger charge is 2.45. The minimum absolute atomic E-state index is 0.0262. The number of phenols is 2. The van der Waals surface area contributed by atoms with Crippen molar-refractivity contribution in [2.75, 3.05) is 40.0 Å². The first kappa shape index (κ1) is 91.4. The fourth-order valence-electron chi connectivity index (χ4n) is 15.5. The SMILES string of the molecule is C[C@H]1/C=C/[C@@H]2CCC[C@H](CCCc3cccc(O)c3C(=O)O[C@H](C[C@H](C[C@@H]3CCC[C@H](C(C)(C)C(=O)OCC[Si](C)(C)C)O3)OCOCC[Si](C)(C)C)[C@@H](C)CC[C@@H]3CCC[C@H](CCCc4cccc(O)c4C(=O)O[C@@H]1C[C@H](C[C@@H]1CCC[C@H](C(C)(C)C(=O)OCC[Si](C)(C)C)O1)OCOCC[Si](C)(C)C)O3)O2. The fraction of sp³-hybridized carbons (Fsp3) is 0.791. The second kappa shape index (κ2) is 43.1. The van der Waals surface area contributed by atoms with E-state index in [4.69, 9.17) is 56.8 Å². The lowest BCUT2D eigenvalue weighted by molar-refractivity contribution is -0.177. The van der Waals surface area contributed by atoms with Gasteiger partial charge in [-0.2, -0.15) is 0 Å². The highest BCUT2D eigenvalue weighted by molar-refractivity contribution is 6.77. The summed E-state index contributed by atoms with van der Waals surface area (Å²) in [6, 6.07) is 14.3. The molecule has 4 bridgehead atoms. The third kappa shape index (κ3) is 31.5. The van der Waals surface area contributed by atoms with E-state index in [-0.39, 0.29) is 109 Å². The van der Waals surface area contributed by atoms with E-state index in [1.807, 2.05) is 39.8 Å². The molecular weight excluding hydrogens is 1430 g/mol. The monoisotopic (exact) mass is 1580 g/mol. The Bertz CT molecular complexity index is 3100. The lowest BCUT2D eigenvalue weighted by Crippen LogP contribution is -2.45. The first-order valence-corrected chi connectivity index (χ1v) is 56.7. The van der Waals surface area contributed by atoms with Crippen LogP contribution >= 0.6 is 0 Å². The number of aromatic hydroxyl groups is 2. The van der Waals surface area contributed by atoms with Gasteiger partial charge in [-0.05, 0) is 209 Å². The summed E-state index contributed by atoms with van der Waals surface area (Å²) in [5.74, 6) is -2.41. The molecule has 0 unspecified atom stereocenters. The second-order valence-electron chi connectivity index (χ2n) is 38.5. The molecule has 0 radical (unpaired) electrons. The van der Waals surface area contributed by atoms with Gasteiger partial charge in [-0.3, -0.25) is 9.59 Å². The van der Waals surface area contributed by atoms with Gasteiger partial charge in [0.25, 0.3) is 0 Å². The molecule has 2 aromatic carbocycles. The summed E-state index contributed by atoms with van der Waals surface area (Å²) >= 11 is 0. The maximum absolute atomic E-state index is 15.1. The van der Waals surface area contributed by atoms with Crippen molar-refractivity contribution >= 4 is 56.2 Å². The van der Waals surface area contributed by atoms with Crippen molar-refractivity contribution in [1.82, 2.24) is 0 Å². The van der Waals surface area contributed by atoms with Crippen LogP contribution in [0.2, 0.25) is 103 Å². The van der Waals surface area contributed by atoms with Crippen molar-refractivity contribution in [3.63, 3.8) is 0 Å². The van der Waals surface area contributed by atoms with Gasteiger partial charge in [0.15, 0.2) is 0 Å². The van der Waals surface area contributed by atoms with Crippen LogP contribution in [0.4, 0.5) is 0 Å². The van der Waals surface area contributed by atoms with E-state index >= 15 is 9.59 Å². The van der Waals surface area contributed by atoms with Gasteiger partial charge in [0.2, 0.25) is 0 Å². The Morgan fingerprint density at radius 3 is 1.32 bits per heavy atom. The number of fused-ring (bicyclic) bond motifs is 6. The molecule has 5 heterocycles. The number of carbonyl (C=O) groups is 4. The van der Waals surface area contributed by atoms with Crippen LogP contribution in [0.25, 0.3) is 0 Å². The Morgan fingerprint density at radius 2 is 0.861 bits per heavy atom. The maximum Gasteiger partial charge on any atom is 0.342 e. The van der Waals surface area contributed by atoms with Gasteiger partial charge < -0.3 is 67.1 Å². The van der Waals surface area contributed by atoms with E-state index < -0.39 is 79.5 Å². The Morgan fingerprint density at radius 1 is 0.463 bits per heavy atom. The lowest BCUT2D eigenvalue weighted by atomic mass is 9.81. The van der Waals surface area contributed by atoms with Gasteiger partial charge in [-0.15, -0.1) is 0 Å². The average molecular weight is 1580 g/mol. The summed E-state index contributed by atoms with van der Waals surface area (Å²) in [6.45, 7) is 41.6. The molecule has 0 spiro atoms. The van der Waals surface area contributed by atoms with E-state index in [0.29, 0.717) is 95.3 Å². The van der Waals surface area contributed by atoms with Gasteiger partial charge in [0, 0.05) is 77.1 Å². The second-order valence-corrected chi connectivity index (χ2v) is 61.0. The number of esters is 4. The van der Waals surface area contributed by atoms with Crippen LogP contribution in [0.3, 0.4) is 0 Å². The summed E-state index contributed by atoms with van der Waals surface area (Å²) in [4.78, 5) is 57.8. The predicted octanol–water partition coefficient (Wildman–Crippen LogP) is 19.6. The highest BCUT2D eigenvalue weighted by atomic mass is 28.3. The molecule has 0 aromatic heterocycles. The molecule has 0 amide bonds. The summed E-state index contributed by atoms with van der Waals surface area (Å²) < 4.78 is 79.0. The van der Waals surface area contributed by atoms with E-state index in [2.05, 4.69) is 105 Å². The first-order valence-electron chi connectivity index (χ1n) is 41.9. The minimum atomic E-state index is -1.43. The maximum atomic E-state index is 15.1. The Kier molecular flexibility index (Phi) is 36.5. The fourth-order valence-corrected chi connectivity index (χ4v) is 18.4. The molecule has 22 heteroatoms. The summed E-state index contributed by atoms with van der Waals surface area (Å²) in [7, 11) is -5.68. The third-order valence-electron chi connectivity index (χ3n) is 23.1. The molecule has 614 valence electrons. The molecule has 4 saturated heterocycles. The molecule has 18 nitrogen and oxygen atoms in total. The van der Waals surface area contributed by atoms with Crippen molar-refractivity contribution in [3.8, 4) is 11.5 Å². The predicted molar refractivity (Wildman–Crippen MR) is 439 cm³/mol. The van der Waals surface area contributed by atoms with Crippen molar-refractivity contribution in [2.45, 2.75) is 372 Å². The summed E-state index contributed by atoms with van der Waals surface area (Å²) in [5, 5.41) is 23.5. The van der Waals surface area contributed by atoms with Crippen molar-refractivity contribution < 1.29 is 86.2 Å². The smallest absolute Gasteiger partial charge is 0.342 e. The topological polar surface area (TPSA) is 219 Å². The van der Waals surface area contributed by atoms with Crippen molar-refractivity contribution in [2.24, 2.45) is 22.7 Å². The molecule has 7 rings (SSSR count).